The number of hydrogen-bond donors (Lipinski definition) is 0. The van der Waals surface area contributed by atoms with Gasteiger partial charge in [0, 0.05) is 11.5 Å². The summed E-state index contributed by atoms with van der Waals surface area (Å²) in [5.74, 6) is -5.14. The zero-order chi connectivity index (χ0) is 15.3. The molecule has 0 unspecified atom stereocenters. The molecule has 0 amide bonds. The van der Waals surface area contributed by atoms with Gasteiger partial charge in [0.15, 0.2) is 0 Å². The Morgan fingerprint density at radius 3 is 2.30 bits per heavy atom. The van der Waals surface area contributed by atoms with Gasteiger partial charge < -0.3 is 0 Å². The van der Waals surface area contributed by atoms with E-state index in [9.17, 15) is 22.0 Å². The van der Waals surface area contributed by atoms with Crippen LogP contribution in [0, 0.1) is 5.95 Å². The van der Waals surface area contributed by atoms with Crippen LogP contribution in [-0.2, 0) is 11.3 Å². The molecule has 8 heteroatoms. The first-order chi connectivity index (χ1) is 9.05. The number of rotatable bonds is 2. The topological polar surface area (TPSA) is 30.2 Å². The second-order valence-corrected chi connectivity index (χ2v) is 5.43. The highest BCUT2D eigenvalue weighted by molar-refractivity contribution is 5.43. The van der Waals surface area contributed by atoms with E-state index < -0.39 is 29.4 Å². The second-order valence-electron chi connectivity index (χ2n) is 5.43. The van der Waals surface area contributed by atoms with Crippen molar-refractivity contribution in [2.24, 2.45) is 0 Å². The summed E-state index contributed by atoms with van der Waals surface area (Å²) in [7, 11) is 0. The zero-order valence-corrected chi connectivity index (χ0v) is 11.0. The maximum atomic E-state index is 14.0. The smallest absolute Gasteiger partial charge is 0.259 e. The summed E-state index contributed by atoms with van der Waals surface area (Å²) >= 11 is 0. The van der Waals surface area contributed by atoms with Gasteiger partial charge in [-0.2, -0.15) is 13.2 Å². The van der Waals surface area contributed by atoms with Crippen LogP contribution in [0.2, 0.25) is 0 Å². The van der Waals surface area contributed by atoms with Crippen molar-refractivity contribution in [1.29, 1.82) is 0 Å². The standard InChI is InChI=1S/C12H12F5N3/c1-11(2,3)8-9(13)20-5-18-6(4-7(20)19-8)12(16,17)10(14)15/h4-5,10H,1-3H3. The van der Waals surface area contributed by atoms with Crippen molar-refractivity contribution in [1.82, 2.24) is 14.4 Å². The third-order valence-electron chi connectivity index (χ3n) is 2.78. The third kappa shape index (κ3) is 2.23. The Balaban J connectivity index is 2.62. The fourth-order valence-electron chi connectivity index (χ4n) is 1.69. The maximum Gasteiger partial charge on any atom is 0.349 e. The average molecular weight is 293 g/mol. The molecule has 0 aliphatic carbocycles. The van der Waals surface area contributed by atoms with Crippen LogP contribution in [0.1, 0.15) is 32.2 Å². The zero-order valence-electron chi connectivity index (χ0n) is 11.0. The van der Waals surface area contributed by atoms with Crippen LogP contribution < -0.4 is 0 Å². The lowest BCUT2D eigenvalue weighted by Crippen LogP contribution is -2.25. The van der Waals surface area contributed by atoms with Crippen LogP contribution in [0.25, 0.3) is 5.65 Å². The fraction of sp³-hybridized carbons (Fsp3) is 0.500. The van der Waals surface area contributed by atoms with Gasteiger partial charge >= 0.3 is 12.3 Å². The summed E-state index contributed by atoms with van der Waals surface area (Å²) in [6, 6.07) is 0.671. The fourth-order valence-corrected chi connectivity index (χ4v) is 1.69. The maximum absolute atomic E-state index is 14.0. The van der Waals surface area contributed by atoms with Crippen molar-refractivity contribution in [3.8, 4) is 0 Å². The highest BCUT2D eigenvalue weighted by Crippen LogP contribution is 2.34. The van der Waals surface area contributed by atoms with Gasteiger partial charge in [-0.3, -0.25) is 4.40 Å². The quantitative estimate of drug-likeness (QED) is 0.793. The summed E-state index contributed by atoms with van der Waals surface area (Å²) in [4.78, 5) is 7.10. The number of alkyl halides is 4. The van der Waals surface area contributed by atoms with Crippen LogP contribution in [0.15, 0.2) is 12.4 Å². The number of aromatic nitrogens is 3. The second kappa shape index (κ2) is 4.39. The SMILES string of the molecule is CC(C)(C)c1nc2cc(C(F)(F)C(F)F)ncn2c1F. The minimum atomic E-state index is -4.40. The first-order valence-corrected chi connectivity index (χ1v) is 5.75. The van der Waals surface area contributed by atoms with Crippen molar-refractivity contribution < 1.29 is 22.0 Å². The molecule has 2 aromatic rings. The van der Waals surface area contributed by atoms with Gasteiger partial charge in [0.1, 0.15) is 23.4 Å². The van der Waals surface area contributed by atoms with E-state index in [1.165, 1.54) is 0 Å². The predicted octanol–water partition coefficient (Wildman–Crippen LogP) is 3.52. The molecule has 3 nitrogen and oxygen atoms in total. The van der Waals surface area contributed by atoms with Crippen molar-refractivity contribution in [2.75, 3.05) is 0 Å². The number of imidazole rings is 1. The molecule has 0 aliphatic heterocycles. The molecule has 0 spiro atoms. The summed E-state index contributed by atoms with van der Waals surface area (Å²) in [5.41, 5.74) is -1.92. The Morgan fingerprint density at radius 1 is 1.20 bits per heavy atom. The summed E-state index contributed by atoms with van der Waals surface area (Å²) in [5, 5.41) is 0. The van der Waals surface area contributed by atoms with E-state index in [0.29, 0.717) is 6.07 Å². The largest absolute Gasteiger partial charge is 0.349 e. The van der Waals surface area contributed by atoms with Gasteiger partial charge in [-0.15, -0.1) is 0 Å². The predicted molar refractivity (Wildman–Crippen MR) is 61.5 cm³/mol. The molecule has 0 atom stereocenters. The lowest BCUT2D eigenvalue weighted by atomic mass is 9.93. The van der Waals surface area contributed by atoms with E-state index in [4.69, 9.17) is 0 Å². The highest BCUT2D eigenvalue weighted by atomic mass is 19.3. The molecule has 20 heavy (non-hydrogen) atoms. The molecule has 0 saturated carbocycles. The molecule has 0 aliphatic rings. The molecule has 2 aromatic heterocycles. The number of nitrogens with zero attached hydrogens (tertiary/aromatic N) is 3. The third-order valence-corrected chi connectivity index (χ3v) is 2.78. The van der Waals surface area contributed by atoms with E-state index >= 15 is 0 Å². The molecule has 0 aromatic carbocycles. The van der Waals surface area contributed by atoms with Crippen molar-refractivity contribution in [3.63, 3.8) is 0 Å². The van der Waals surface area contributed by atoms with Crippen LogP contribution in [-0.4, -0.2) is 20.8 Å². The van der Waals surface area contributed by atoms with Gasteiger partial charge in [0.05, 0.1) is 0 Å². The van der Waals surface area contributed by atoms with Gasteiger partial charge in [0.25, 0.3) is 0 Å². The van der Waals surface area contributed by atoms with Gasteiger partial charge in [-0.05, 0) is 0 Å². The summed E-state index contributed by atoms with van der Waals surface area (Å²) in [6.07, 6.45) is -3.15. The Hall–Kier alpha value is -1.73. The Labute approximate surface area is 111 Å². The first kappa shape index (κ1) is 14.7. The molecule has 2 rings (SSSR count). The molecular weight excluding hydrogens is 281 g/mol. The summed E-state index contributed by atoms with van der Waals surface area (Å²) in [6.45, 7) is 5.08. The molecule has 0 bridgehead atoms. The minimum Gasteiger partial charge on any atom is -0.259 e. The average Bonchev–Trinajstić information content (AvgIpc) is 2.66. The lowest BCUT2D eigenvalue weighted by molar-refractivity contribution is -0.138. The van der Waals surface area contributed by atoms with E-state index in [-0.39, 0.29) is 11.3 Å². The van der Waals surface area contributed by atoms with E-state index in [1.807, 2.05) is 0 Å². The van der Waals surface area contributed by atoms with Crippen LogP contribution in [0.3, 0.4) is 0 Å². The van der Waals surface area contributed by atoms with Crippen LogP contribution in [0.5, 0.6) is 0 Å². The first-order valence-electron chi connectivity index (χ1n) is 5.75. The van der Waals surface area contributed by atoms with Crippen molar-refractivity contribution in [3.05, 3.63) is 29.7 Å². The lowest BCUT2D eigenvalue weighted by Gasteiger charge is -2.14. The number of halogens is 5. The minimum absolute atomic E-state index is 0.0526. The van der Waals surface area contributed by atoms with E-state index in [2.05, 4.69) is 9.97 Å². The number of hydrogen-bond acceptors (Lipinski definition) is 2. The molecule has 0 radical (unpaired) electrons. The summed E-state index contributed by atoms with van der Waals surface area (Å²) < 4.78 is 65.9. The normalized spacial score (nSPS) is 13.4. The van der Waals surface area contributed by atoms with Crippen LogP contribution >= 0.6 is 0 Å². The van der Waals surface area contributed by atoms with Gasteiger partial charge in [0.2, 0.25) is 5.95 Å². The van der Waals surface area contributed by atoms with Gasteiger partial charge in [-0.25, -0.2) is 18.7 Å². The van der Waals surface area contributed by atoms with Crippen molar-refractivity contribution >= 4 is 5.65 Å². The van der Waals surface area contributed by atoms with Gasteiger partial charge in [-0.1, -0.05) is 20.8 Å². The number of fused-ring (bicyclic) bond motifs is 1. The van der Waals surface area contributed by atoms with E-state index in [1.54, 1.807) is 20.8 Å². The Kier molecular flexibility index (Phi) is 3.22. The molecule has 0 fully saturated rings. The monoisotopic (exact) mass is 293 g/mol. The Morgan fingerprint density at radius 2 is 1.80 bits per heavy atom. The Bertz CT molecular complexity index is 642. The highest BCUT2D eigenvalue weighted by Gasteiger charge is 2.44. The molecule has 110 valence electrons. The molecule has 2 heterocycles. The van der Waals surface area contributed by atoms with Crippen molar-refractivity contribution in [2.45, 2.75) is 38.5 Å². The molecule has 0 saturated heterocycles. The molecule has 0 N–H and O–H groups in total. The van der Waals surface area contributed by atoms with E-state index in [0.717, 1.165) is 10.7 Å². The molecular formula is C12H12F5N3. The van der Waals surface area contributed by atoms with Crippen LogP contribution in [0.4, 0.5) is 22.0 Å².